The van der Waals surface area contributed by atoms with Crippen LogP contribution in [0.15, 0.2) is 5.51 Å². The van der Waals surface area contributed by atoms with Gasteiger partial charge in [0.2, 0.25) is 0 Å². The average molecular weight is 241 g/mol. The molecule has 1 aliphatic heterocycles. The minimum atomic E-state index is -0.0595. The summed E-state index contributed by atoms with van der Waals surface area (Å²) in [6, 6.07) is 0.0407. The maximum absolute atomic E-state index is 11.9. The molecule has 2 N–H and O–H groups in total. The molecule has 2 heterocycles. The van der Waals surface area contributed by atoms with Crippen LogP contribution in [-0.2, 0) is 4.74 Å². The van der Waals surface area contributed by atoms with Crippen LogP contribution < -0.4 is 10.6 Å². The van der Waals surface area contributed by atoms with E-state index in [2.05, 4.69) is 15.6 Å². The van der Waals surface area contributed by atoms with Crippen molar-refractivity contribution >= 4 is 17.2 Å². The number of aryl methyl sites for hydroxylation is 1. The van der Waals surface area contributed by atoms with E-state index in [-0.39, 0.29) is 18.1 Å². The van der Waals surface area contributed by atoms with Crippen molar-refractivity contribution in [3.05, 3.63) is 16.1 Å². The lowest BCUT2D eigenvalue weighted by Gasteiger charge is -2.18. The number of nitrogens with one attached hydrogen (secondary N) is 2. The van der Waals surface area contributed by atoms with Gasteiger partial charge in [0.25, 0.3) is 5.91 Å². The van der Waals surface area contributed by atoms with E-state index in [0.29, 0.717) is 4.88 Å². The number of hydrogen-bond acceptors (Lipinski definition) is 5. The number of amides is 1. The van der Waals surface area contributed by atoms with Crippen LogP contribution in [0, 0.1) is 6.92 Å². The maximum Gasteiger partial charge on any atom is 0.263 e. The molecule has 1 saturated heterocycles. The van der Waals surface area contributed by atoms with E-state index < -0.39 is 0 Å². The molecule has 1 aliphatic rings. The first-order valence-corrected chi connectivity index (χ1v) is 6.04. The predicted molar refractivity (Wildman–Crippen MR) is 61.8 cm³/mol. The second-order valence-electron chi connectivity index (χ2n) is 3.78. The molecule has 1 fully saturated rings. The molecule has 1 amide bonds. The Hall–Kier alpha value is -0.980. The highest BCUT2D eigenvalue weighted by atomic mass is 32.1. The van der Waals surface area contributed by atoms with Gasteiger partial charge < -0.3 is 15.4 Å². The van der Waals surface area contributed by atoms with Crippen molar-refractivity contribution in [3.63, 3.8) is 0 Å². The molecule has 0 aliphatic carbocycles. The summed E-state index contributed by atoms with van der Waals surface area (Å²) < 4.78 is 5.28. The zero-order valence-electron chi connectivity index (χ0n) is 9.32. The van der Waals surface area contributed by atoms with Gasteiger partial charge in [0.15, 0.2) is 0 Å². The Bertz CT molecular complexity index is 380. The van der Waals surface area contributed by atoms with Crippen molar-refractivity contribution in [2.75, 3.05) is 20.2 Å². The summed E-state index contributed by atoms with van der Waals surface area (Å²) in [4.78, 5) is 16.7. The highest BCUT2D eigenvalue weighted by Gasteiger charge is 2.29. The van der Waals surface area contributed by atoms with Gasteiger partial charge in [-0.2, -0.15) is 0 Å². The third-order valence-electron chi connectivity index (χ3n) is 2.73. The van der Waals surface area contributed by atoms with Crippen molar-refractivity contribution in [1.82, 2.24) is 15.6 Å². The van der Waals surface area contributed by atoms with Gasteiger partial charge in [-0.3, -0.25) is 4.79 Å². The lowest BCUT2D eigenvalue weighted by molar-refractivity contribution is 0.0782. The van der Waals surface area contributed by atoms with E-state index in [1.54, 1.807) is 12.6 Å². The maximum atomic E-state index is 11.9. The third-order valence-corrected chi connectivity index (χ3v) is 3.66. The van der Waals surface area contributed by atoms with Crippen LogP contribution in [0.2, 0.25) is 0 Å². The SMILES string of the molecule is CO[C@H]1CNC[C@H]1NC(=O)c1scnc1C. The van der Waals surface area contributed by atoms with Crippen LogP contribution in [0.1, 0.15) is 15.4 Å². The number of aromatic nitrogens is 1. The number of thiazole rings is 1. The van der Waals surface area contributed by atoms with Crippen LogP contribution >= 0.6 is 11.3 Å². The molecular weight excluding hydrogens is 226 g/mol. The lowest BCUT2D eigenvalue weighted by atomic mass is 10.2. The fraction of sp³-hybridized carbons (Fsp3) is 0.600. The summed E-state index contributed by atoms with van der Waals surface area (Å²) >= 11 is 1.37. The van der Waals surface area contributed by atoms with Gasteiger partial charge in [-0.25, -0.2) is 4.98 Å². The number of ether oxygens (including phenoxy) is 1. The first kappa shape index (κ1) is 11.5. The van der Waals surface area contributed by atoms with Gasteiger partial charge in [-0.05, 0) is 6.92 Å². The van der Waals surface area contributed by atoms with Crippen molar-refractivity contribution in [3.8, 4) is 0 Å². The highest BCUT2D eigenvalue weighted by Crippen LogP contribution is 2.13. The van der Waals surface area contributed by atoms with Crippen molar-refractivity contribution < 1.29 is 9.53 Å². The standard InChI is InChI=1S/C10H15N3O2S/c1-6-9(16-5-12-6)10(14)13-7-3-11-4-8(7)15-2/h5,7-8,11H,3-4H2,1-2H3,(H,13,14)/t7-,8+/m1/s1. The van der Waals surface area contributed by atoms with E-state index in [4.69, 9.17) is 4.74 Å². The summed E-state index contributed by atoms with van der Waals surface area (Å²) in [5.74, 6) is -0.0595. The summed E-state index contributed by atoms with van der Waals surface area (Å²) in [5, 5.41) is 6.15. The Morgan fingerprint density at radius 2 is 2.50 bits per heavy atom. The fourth-order valence-corrected chi connectivity index (χ4v) is 2.51. The van der Waals surface area contributed by atoms with Gasteiger partial charge >= 0.3 is 0 Å². The smallest absolute Gasteiger partial charge is 0.263 e. The topological polar surface area (TPSA) is 63.2 Å². The normalized spacial score (nSPS) is 24.6. The first-order valence-electron chi connectivity index (χ1n) is 5.17. The number of methoxy groups -OCH3 is 1. The van der Waals surface area contributed by atoms with E-state index in [0.717, 1.165) is 18.8 Å². The second kappa shape index (κ2) is 4.90. The van der Waals surface area contributed by atoms with Crippen LogP contribution in [0.5, 0.6) is 0 Å². The Labute approximate surface area is 98.2 Å². The minimum absolute atomic E-state index is 0.0407. The molecular formula is C10H15N3O2S. The summed E-state index contributed by atoms with van der Waals surface area (Å²) in [7, 11) is 1.66. The van der Waals surface area contributed by atoms with Gasteiger partial charge in [0.1, 0.15) is 4.88 Å². The Balaban J connectivity index is 2.00. The summed E-state index contributed by atoms with van der Waals surface area (Å²) in [5.41, 5.74) is 2.47. The average Bonchev–Trinajstić information content (AvgIpc) is 2.86. The van der Waals surface area contributed by atoms with E-state index >= 15 is 0 Å². The van der Waals surface area contributed by atoms with Gasteiger partial charge in [-0.1, -0.05) is 0 Å². The molecule has 0 spiro atoms. The van der Waals surface area contributed by atoms with Gasteiger partial charge in [0, 0.05) is 20.2 Å². The molecule has 2 rings (SSSR count). The molecule has 0 bridgehead atoms. The molecule has 0 aromatic carbocycles. The van der Waals surface area contributed by atoms with Crippen molar-refractivity contribution in [2.24, 2.45) is 0 Å². The monoisotopic (exact) mass is 241 g/mol. The second-order valence-corrected chi connectivity index (χ2v) is 4.63. The first-order chi connectivity index (χ1) is 7.72. The summed E-state index contributed by atoms with van der Waals surface area (Å²) in [6.45, 7) is 3.37. The molecule has 16 heavy (non-hydrogen) atoms. The zero-order chi connectivity index (χ0) is 11.5. The van der Waals surface area contributed by atoms with Gasteiger partial charge in [-0.15, -0.1) is 11.3 Å². The third kappa shape index (κ3) is 2.23. The van der Waals surface area contributed by atoms with Crippen LogP contribution in [0.3, 0.4) is 0 Å². The molecule has 0 radical (unpaired) electrons. The largest absolute Gasteiger partial charge is 0.378 e. The molecule has 5 nitrogen and oxygen atoms in total. The predicted octanol–water partition coefficient (Wildman–Crippen LogP) is 0.168. The molecule has 6 heteroatoms. The van der Waals surface area contributed by atoms with Crippen molar-refractivity contribution in [1.29, 1.82) is 0 Å². The van der Waals surface area contributed by atoms with E-state index in [1.807, 2.05) is 6.92 Å². The van der Waals surface area contributed by atoms with E-state index in [9.17, 15) is 4.79 Å². The number of rotatable bonds is 3. The molecule has 88 valence electrons. The quantitative estimate of drug-likeness (QED) is 0.792. The number of nitrogens with zero attached hydrogens (tertiary/aromatic N) is 1. The molecule has 0 unspecified atom stereocenters. The number of hydrogen-bond donors (Lipinski definition) is 2. The minimum Gasteiger partial charge on any atom is -0.378 e. The van der Waals surface area contributed by atoms with Crippen LogP contribution in [0.4, 0.5) is 0 Å². The Morgan fingerprint density at radius 1 is 1.69 bits per heavy atom. The Morgan fingerprint density at radius 3 is 3.12 bits per heavy atom. The number of carbonyl (C=O) groups excluding carboxylic acids is 1. The van der Waals surface area contributed by atoms with Gasteiger partial charge in [0.05, 0.1) is 23.4 Å². The van der Waals surface area contributed by atoms with Crippen LogP contribution in [0.25, 0.3) is 0 Å². The summed E-state index contributed by atoms with van der Waals surface area (Å²) in [6.07, 6.45) is 0.0529. The molecule has 1 aromatic rings. The van der Waals surface area contributed by atoms with Crippen LogP contribution in [-0.4, -0.2) is 43.2 Å². The fourth-order valence-electron chi connectivity index (χ4n) is 1.80. The zero-order valence-corrected chi connectivity index (χ0v) is 10.1. The highest BCUT2D eigenvalue weighted by molar-refractivity contribution is 7.11. The molecule has 0 saturated carbocycles. The Kier molecular flexibility index (Phi) is 3.52. The van der Waals surface area contributed by atoms with E-state index in [1.165, 1.54) is 11.3 Å². The van der Waals surface area contributed by atoms with Crippen molar-refractivity contribution in [2.45, 2.75) is 19.1 Å². The molecule has 1 aromatic heterocycles. The number of carbonyl (C=O) groups is 1. The lowest BCUT2D eigenvalue weighted by Crippen LogP contribution is -2.43. The molecule has 2 atom stereocenters.